The van der Waals surface area contributed by atoms with E-state index in [-0.39, 0.29) is 0 Å². The Balaban J connectivity index is 2.37. The molecule has 3 N–H and O–H groups in total. The van der Waals surface area contributed by atoms with Crippen LogP contribution in [0.3, 0.4) is 0 Å². The number of nitrogens with one attached hydrogen (secondary N) is 3. The van der Waals surface area contributed by atoms with Crippen LogP contribution in [0.15, 0.2) is 45.7 Å². The molecule has 0 unspecified atom stereocenters. The molecule has 6 nitrogen and oxygen atoms in total. The van der Waals surface area contributed by atoms with Gasteiger partial charge < -0.3 is 20.9 Å². The summed E-state index contributed by atoms with van der Waals surface area (Å²) in [6.45, 7) is 7.24. The van der Waals surface area contributed by atoms with Gasteiger partial charge in [0.05, 0.1) is 0 Å². The van der Waals surface area contributed by atoms with Gasteiger partial charge in [-0.05, 0) is 90.3 Å². The van der Waals surface area contributed by atoms with E-state index < -0.39 is 0 Å². The Labute approximate surface area is 219 Å². The topological polar surface area (TPSA) is 69.3 Å². The molecule has 1 heterocycles. The third-order valence-corrected chi connectivity index (χ3v) is 7.05. The van der Waals surface area contributed by atoms with E-state index in [2.05, 4.69) is 74.9 Å². The molecule has 1 aromatic heterocycles. The number of hydrogen-bond donors (Lipinski definition) is 3. The highest BCUT2D eigenvalue weighted by atomic mass is 79.9. The first-order valence-corrected chi connectivity index (χ1v) is 13.3. The number of carbonyl (C=O) groups excluding carboxylic acids is 1. The number of rotatable bonds is 11. The van der Waals surface area contributed by atoms with Crippen molar-refractivity contribution in [2.75, 3.05) is 39.5 Å². The number of carbonyl (C=O) groups is 1. The van der Waals surface area contributed by atoms with Gasteiger partial charge in [0.2, 0.25) is 0 Å². The molecule has 1 aromatic rings. The molecular weight excluding hydrogens is 502 g/mol. The Kier molecular flexibility index (Phi) is 12.3. The highest BCUT2D eigenvalue weighted by molar-refractivity contribution is 9.12. The predicted molar refractivity (Wildman–Crippen MR) is 153 cm³/mol. The molecular formula is C28H42BrN5O. The van der Waals surface area contributed by atoms with Crippen LogP contribution in [0.4, 0.5) is 5.82 Å². The van der Waals surface area contributed by atoms with Crippen molar-refractivity contribution in [1.82, 2.24) is 20.5 Å². The third-order valence-electron chi connectivity index (χ3n) is 6.56. The van der Waals surface area contributed by atoms with Crippen molar-refractivity contribution in [1.29, 1.82) is 0 Å². The number of pyridine rings is 1. The van der Waals surface area contributed by atoms with E-state index in [4.69, 9.17) is 0 Å². The van der Waals surface area contributed by atoms with E-state index >= 15 is 0 Å². The maximum atomic E-state index is 11.8. The van der Waals surface area contributed by atoms with E-state index in [1.807, 2.05) is 39.2 Å². The Morgan fingerprint density at radius 3 is 2.54 bits per heavy atom. The smallest absolute Gasteiger partial charge is 0.148 e. The van der Waals surface area contributed by atoms with Crippen LogP contribution in [0.5, 0.6) is 0 Å². The van der Waals surface area contributed by atoms with Gasteiger partial charge in [-0.25, -0.2) is 4.98 Å². The van der Waals surface area contributed by atoms with Crippen LogP contribution in [-0.4, -0.2) is 56.4 Å². The van der Waals surface area contributed by atoms with Crippen LogP contribution >= 0.6 is 15.9 Å². The summed E-state index contributed by atoms with van der Waals surface area (Å²) in [6.07, 6.45) is 16.0. The van der Waals surface area contributed by atoms with Crippen molar-refractivity contribution < 1.29 is 4.79 Å². The monoisotopic (exact) mass is 543 g/mol. The number of anilines is 1. The molecule has 0 aliphatic heterocycles. The predicted octanol–water partition coefficient (Wildman–Crippen LogP) is 3.66. The zero-order chi connectivity index (χ0) is 25.8. The van der Waals surface area contributed by atoms with Crippen molar-refractivity contribution in [2.45, 2.75) is 52.5 Å². The number of hydrogen-bond acceptors (Lipinski definition) is 6. The molecule has 0 amide bonds. The first-order valence-electron chi connectivity index (χ1n) is 12.5. The zero-order valence-electron chi connectivity index (χ0n) is 22.1. The summed E-state index contributed by atoms with van der Waals surface area (Å²) in [6, 6.07) is 2.69. The van der Waals surface area contributed by atoms with E-state index in [0.29, 0.717) is 24.1 Å². The molecule has 192 valence electrons. The lowest BCUT2D eigenvalue weighted by molar-refractivity contribution is -0.104. The van der Waals surface area contributed by atoms with Gasteiger partial charge >= 0.3 is 0 Å². The van der Waals surface area contributed by atoms with Crippen LogP contribution in [0.25, 0.3) is 12.3 Å². The molecule has 1 saturated carbocycles. The third kappa shape index (κ3) is 9.30. The van der Waals surface area contributed by atoms with E-state index in [1.54, 1.807) is 6.20 Å². The Morgan fingerprint density at radius 2 is 1.94 bits per heavy atom. The lowest BCUT2D eigenvalue weighted by Crippen LogP contribution is -2.32. The second-order valence-electron chi connectivity index (χ2n) is 9.35. The van der Waals surface area contributed by atoms with Gasteiger partial charge in [-0.2, -0.15) is 0 Å². The second kappa shape index (κ2) is 14.9. The Bertz CT molecular complexity index is 1050. The SMILES string of the molecule is CCN\C=c1/ccnc(NC/C(C=O)=C(C)/C=C(/C)NC)/c1=C/C(Br)=C\C1CCC(N(C)C)CC1. The number of halogens is 1. The highest BCUT2D eigenvalue weighted by Crippen LogP contribution is 2.29. The number of nitrogens with zero attached hydrogens (tertiary/aromatic N) is 2. The van der Waals surface area contributed by atoms with Crippen LogP contribution in [0.1, 0.15) is 46.5 Å². The zero-order valence-corrected chi connectivity index (χ0v) is 23.7. The van der Waals surface area contributed by atoms with Crippen LogP contribution in [0, 0.1) is 5.92 Å². The number of allylic oxidation sites excluding steroid dienone is 5. The summed E-state index contributed by atoms with van der Waals surface area (Å²) in [5.74, 6) is 1.32. The van der Waals surface area contributed by atoms with Crippen LogP contribution < -0.4 is 26.4 Å². The minimum Gasteiger partial charge on any atom is -0.392 e. The van der Waals surface area contributed by atoms with Gasteiger partial charge in [-0.3, -0.25) is 4.79 Å². The van der Waals surface area contributed by atoms with Gasteiger partial charge in [0.25, 0.3) is 0 Å². The second-order valence-corrected chi connectivity index (χ2v) is 10.3. The molecule has 1 aliphatic rings. The van der Waals surface area contributed by atoms with Gasteiger partial charge in [0.15, 0.2) is 0 Å². The van der Waals surface area contributed by atoms with E-state index in [9.17, 15) is 4.79 Å². The number of aldehydes is 1. The molecule has 0 atom stereocenters. The molecule has 0 radical (unpaired) electrons. The van der Waals surface area contributed by atoms with Crippen LogP contribution in [0.2, 0.25) is 0 Å². The molecule has 0 aromatic carbocycles. The molecule has 0 spiro atoms. The Hall–Kier alpha value is -2.38. The standard InChI is InChI=1S/C28H42BrN5O/c1-7-31-17-23-12-13-32-28(33-18-24(19-35)20(2)14-21(3)30-4)27(23)16-25(29)15-22-8-10-26(11-9-22)34(5)6/h12-17,19,22,26,30-31H,7-11,18H2,1-6H3,(H,32,33)/b21-14-,23-17+,24-20-,25-15+,27-16+. The summed E-state index contributed by atoms with van der Waals surface area (Å²) in [5.41, 5.74) is 2.63. The largest absolute Gasteiger partial charge is 0.392 e. The molecule has 2 rings (SSSR count). The maximum absolute atomic E-state index is 11.8. The quantitative estimate of drug-likeness (QED) is 0.225. The first-order chi connectivity index (χ1) is 16.8. The summed E-state index contributed by atoms with van der Waals surface area (Å²) in [5, 5.41) is 11.8. The summed E-state index contributed by atoms with van der Waals surface area (Å²) < 4.78 is 1.06. The fraction of sp³-hybridized carbons (Fsp3) is 0.500. The van der Waals surface area contributed by atoms with Crippen molar-refractivity contribution in [3.63, 3.8) is 0 Å². The highest BCUT2D eigenvalue weighted by Gasteiger charge is 2.21. The minimum absolute atomic E-state index is 0.400. The van der Waals surface area contributed by atoms with Gasteiger partial charge in [0, 0.05) is 64.8 Å². The van der Waals surface area contributed by atoms with E-state index in [1.165, 1.54) is 25.7 Å². The molecule has 1 aliphatic carbocycles. The fourth-order valence-electron chi connectivity index (χ4n) is 4.26. The lowest BCUT2D eigenvalue weighted by Gasteiger charge is -2.31. The van der Waals surface area contributed by atoms with Crippen LogP contribution in [-0.2, 0) is 4.79 Å². The molecule has 1 fully saturated rings. The fourth-order valence-corrected chi connectivity index (χ4v) is 4.86. The first kappa shape index (κ1) is 28.9. The number of aromatic nitrogens is 1. The van der Waals surface area contributed by atoms with Gasteiger partial charge in [-0.15, -0.1) is 0 Å². The molecule has 35 heavy (non-hydrogen) atoms. The summed E-state index contributed by atoms with van der Waals surface area (Å²) >= 11 is 3.81. The van der Waals surface area contributed by atoms with E-state index in [0.717, 1.165) is 44.8 Å². The molecule has 0 saturated heterocycles. The molecule has 7 heteroatoms. The van der Waals surface area contributed by atoms with Crippen molar-refractivity contribution >= 4 is 40.3 Å². The summed E-state index contributed by atoms with van der Waals surface area (Å²) in [4.78, 5) is 18.7. The minimum atomic E-state index is 0.400. The normalized spacial score (nSPS) is 21.1. The van der Waals surface area contributed by atoms with Gasteiger partial charge in [0.1, 0.15) is 12.1 Å². The van der Waals surface area contributed by atoms with Crippen molar-refractivity contribution in [3.8, 4) is 0 Å². The average molecular weight is 545 g/mol. The Morgan fingerprint density at radius 1 is 1.23 bits per heavy atom. The maximum Gasteiger partial charge on any atom is 0.148 e. The molecule has 0 bridgehead atoms. The average Bonchev–Trinajstić information content (AvgIpc) is 2.84. The van der Waals surface area contributed by atoms with Gasteiger partial charge in [-0.1, -0.05) is 22.0 Å². The van der Waals surface area contributed by atoms with Crippen molar-refractivity contribution in [3.05, 3.63) is 56.2 Å². The lowest BCUT2D eigenvalue weighted by atomic mass is 9.85. The summed E-state index contributed by atoms with van der Waals surface area (Å²) in [7, 11) is 6.22. The van der Waals surface area contributed by atoms with Crippen molar-refractivity contribution in [2.24, 2.45) is 5.92 Å².